The van der Waals surface area contributed by atoms with E-state index in [9.17, 15) is 13.2 Å². The molecule has 1 aliphatic rings. The predicted molar refractivity (Wildman–Crippen MR) is 124 cm³/mol. The second-order valence-corrected chi connectivity index (χ2v) is 10.3. The second-order valence-electron chi connectivity index (χ2n) is 7.34. The van der Waals surface area contributed by atoms with Crippen LogP contribution in [0.25, 0.3) is 10.6 Å². The number of nitrogens with zero attached hydrogens (tertiary/aromatic N) is 3. The van der Waals surface area contributed by atoms with Crippen LogP contribution in [-0.4, -0.2) is 43.2 Å². The van der Waals surface area contributed by atoms with Crippen LogP contribution < -0.4 is 4.90 Å². The van der Waals surface area contributed by atoms with Crippen LogP contribution in [0, 0.1) is 0 Å². The molecule has 4 rings (SSSR count). The first kappa shape index (κ1) is 21.7. The molecule has 0 atom stereocenters. The van der Waals surface area contributed by atoms with Gasteiger partial charge in [0.1, 0.15) is 9.88 Å². The Balaban J connectivity index is 1.63. The van der Waals surface area contributed by atoms with Crippen LogP contribution in [0.1, 0.15) is 35.5 Å². The Morgan fingerprint density at radius 3 is 2.58 bits per heavy atom. The average Bonchev–Trinajstić information content (AvgIpc) is 3.29. The van der Waals surface area contributed by atoms with Crippen molar-refractivity contribution in [3.63, 3.8) is 0 Å². The van der Waals surface area contributed by atoms with Gasteiger partial charge >= 0.3 is 0 Å². The Morgan fingerprint density at radius 2 is 1.87 bits per heavy atom. The van der Waals surface area contributed by atoms with Gasteiger partial charge in [-0.15, -0.1) is 11.3 Å². The number of thiazole rings is 1. The number of aryl methyl sites for hydroxylation is 1. The third kappa shape index (κ3) is 4.15. The van der Waals surface area contributed by atoms with Crippen LogP contribution in [-0.2, 0) is 16.4 Å². The first-order valence-corrected chi connectivity index (χ1v) is 12.7. The molecule has 1 aliphatic heterocycles. The summed E-state index contributed by atoms with van der Waals surface area (Å²) in [5.74, 6) is -0.0972. The molecular formula is C23H25N3O3S2. The zero-order chi connectivity index (χ0) is 22.0. The second kappa shape index (κ2) is 8.90. The molecule has 0 radical (unpaired) electrons. The fourth-order valence-corrected chi connectivity index (χ4v) is 6.26. The van der Waals surface area contributed by atoms with Gasteiger partial charge in [-0.25, -0.2) is 13.4 Å². The number of anilines is 1. The maximum Gasteiger partial charge on any atom is 0.270 e. The number of sulfonamides is 1. The van der Waals surface area contributed by atoms with Crippen LogP contribution in [0.4, 0.5) is 5.69 Å². The van der Waals surface area contributed by atoms with E-state index in [-0.39, 0.29) is 10.8 Å². The van der Waals surface area contributed by atoms with E-state index in [2.05, 4.69) is 4.98 Å². The summed E-state index contributed by atoms with van der Waals surface area (Å²) in [4.78, 5) is 20.3. The van der Waals surface area contributed by atoms with Gasteiger partial charge in [0.2, 0.25) is 10.0 Å². The first-order valence-electron chi connectivity index (χ1n) is 10.4. The van der Waals surface area contributed by atoms with E-state index < -0.39 is 10.0 Å². The van der Waals surface area contributed by atoms with Crippen molar-refractivity contribution >= 4 is 33.0 Å². The summed E-state index contributed by atoms with van der Waals surface area (Å²) in [6, 6.07) is 14.9. The van der Waals surface area contributed by atoms with Gasteiger partial charge in [-0.3, -0.25) is 4.79 Å². The Labute approximate surface area is 187 Å². The third-order valence-corrected chi connectivity index (χ3v) is 8.58. The van der Waals surface area contributed by atoms with E-state index in [0.717, 1.165) is 34.7 Å². The molecule has 1 amide bonds. The Hall–Kier alpha value is -2.55. The summed E-state index contributed by atoms with van der Waals surface area (Å²) in [6.07, 6.45) is 3.17. The Morgan fingerprint density at radius 1 is 1.13 bits per heavy atom. The highest BCUT2D eigenvalue weighted by molar-refractivity contribution is 7.89. The third-order valence-electron chi connectivity index (χ3n) is 5.50. The van der Waals surface area contributed by atoms with Gasteiger partial charge in [0.25, 0.3) is 5.91 Å². The lowest BCUT2D eigenvalue weighted by Gasteiger charge is -2.30. The number of hydrogen-bond donors (Lipinski definition) is 0. The summed E-state index contributed by atoms with van der Waals surface area (Å²) in [7, 11) is -3.53. The van der Waals surface area contributed by atoms with Crippen molar-refractivity contribution in [3.05, 3.63) is 65.2 Å². The number of aromatic nitrogens is 1. The molecule has 2 aromatic carbocycles. The molecule has 0 unspecified atom stereocenters. The van der Waals surface area contributed by atoms with Gasteiger partial charge in [0, 0.05) is 30.9 Å². The summed E-state index contributed by atoms with van der Waals surface area (Å²) < 4.78 is 27.2. The number of hydrogen-bond acceptors (Lipinski definition) is 5. The lowest BCUT2D eigenvalue weighted by molar-refractivity contribution is 0.0989. The van der Waals surface area contributed by atoms with E-state index in [1.165, 1.54) is 15.6 Å². The lowest BCUT2D eigenvalue weighted by atomic mass is 10.0. The quantitative estimate of drug-likeness (QED) is 0.551. The number of rotatable bonds is 6. The van der Waals surface area contributed by atoms with Crippen LogP contribution in [0.2, 0.25) is 0 Å². The van der Waals surface area contributed by atoms with E-state index in [4.69, 9.17) is 0 Å². The summed E-state index contributed by atoms with van der Waals surface area (Å²) in [5, 5.41) is 0.807. The maximum absolute atomic E-state index is 13.3. The SMILES string of the molecule is CCN(CC)S(=O)(=O)c1ccc2c(c1)CCCN2C(=O)c1cnc(-c2ccccc2)s1. The largest absolute Gasteiger partial charge is 0.307 e. The van der Waals surface area contributed by atoms with Crippen molar-refractivity contribution in [2.75, 3.05) is 24.5 Å². The normalized spacial score (nSPS) is 14.0. The van der Waals surface area contributed by atoms with Crippen LogP contribution >= 0.6 is 11.3 Å². The molecule has 0 aliphatic carbocycles. The number of amides is 1. The van der Waals surface area contributed by atoms with Crippen molar-refractivity contribution in [2.24, 2.45) is 0 Å². The minimum absolute atomic E-state index is 0.0972. The lowest BCUT2D eigenvalue weighted by Crippen LogP contribution is -2.35. The highest BCUT2D eigenvalue weighted by atomic mass is 32.2. The summed E-state index contributed by atoms with van der Waals surface area (Å²) in [6.45, 7) is 5.12. The molecule has 31 heavy (non-hydrogen) atoms. The van der Waals surface area contributed by atoms with Crippen LogP contribution in [0.3, 0.4) is 0 Å². The topological polar surface area (TPSA) is 70.6 Å². The molecule has 2 heterocycles. The van der Waals surface area contributed by atoms with Crippen molar-refractivity contribution in [1.82, 2.24) is 9.29 Å². The van der Waals surface area contributed by atoms with Crippen molar-refractivity contribution < 1.29 is 13.2 Å². The molecule has 162 valence electrons. The molecular weight excluding hydrogens is 430 g/mol. The highest BCUT2D eigenvalue weighted by Crippen LogP contribution is 2.33. The van der Waals surface area contributed by atoms with Crippen molar-refractivity contribution in [3.8, 4) is 10.6 Å². The van der Waals surface area contributed by atoms with Gasteiger partial charge in [0.05, 0.1) is 11.1 Å². The molecule has 8 heteroatoms. The molecule has 0 N–H and O–H groups in total. The molecule has 1 aromatic heterocycles. The van der Waals surface area contributed by atoms with Gasteiger partial charge in [-0.05, 0) is 36.6 Å². The first-order chi connectivity index (χ1) is 15.0. The van der Waals surface area contributed by atoms with E-state index >= 15 is 0 Å². The molecule has 0 bridgehead atoms. The highest BCUT2D eigenvalue weighted by Gasteiger charge is 2.28. The minimum atomic E-state index is -3.53. The Kier molecular flexibility index (Phi) is 6.22. The van der Waals surface area contributed by atoms with Gasteiger partial charge in [-0.1, -0.05) is 44.2 Å². The number of benzene rings is 2. The van der Waals surface area contributed by atoms with Crippen LogP contribution in [0.5, 0.6) is 0 Å². The monoisotopic (exact) mass is 455 g/mol. The molecule has 0 fully saturated rings. The van der Waals surface area contributed by atoms with E-state index in [1.807, 2.05) is 44.2 Å². The fourth-order valence-electron chi connectivity index (χ4n) is 3.88. The summed E-state index contributed by atoms with van der Waals surface area (Å²) in [5.41, 5.74) is 2.65. The van der Waals surface area contributed by atoms with Gasteiger partial charge in [-0.2, -0.15) is 4.31 Å². The van der Waals surface area contributed by atoms with Crippen LogP contribution in [0.15, 0.2) is 59.6 Å². The average molecular weight is 456 g/mol. The molecule has 3 aromatic rings. The zero-order valence-corrected chi connectivity index (χ0v) is 19.2. The molecule has 0 saturated heterocycles. The molecule has 0 saturated carbocycles. The van der Waals surface area contributed by atoms with Crippen molar-refractivity contribution in [1.29, 1.82) is 0 Å². The van der Waals surface area contributed by atoms with E-state index in [0.29, 0.717) is 24.5 Å². The Bertz CT molecular complexity index is 1190. The number of carbonyl (C=O) groups excluding carboxylic acids is 1. The standard InChI is InChI=1S/C23H25N3O3S2/c1-3-25(4-2)31(28,29)19-12-13-20-18(15-19)11-8-14-26(20)23(27)21-16-24-22(30-21)17-9-6-5-7-10-17/h5-7,9-10,12-13,15-16H,3-4,8,11,14H2,1-2H3. The minimum Gasteiger partial charge on any atom is -0.307 e. The summed E-state index contributed by atoms with van der Waals surface area (Å²) >= 11 is 1.37. The number of carbonyl (C=O) groups is 1. The van der Waals surface area contributed by atoms with Gasteiger partial charge < -0.3 is 4.90 Å². The smallest absolute Gasteiger partial charge is 0.270 e. The zero-order valence-electron chi connectivity index (χ0n) is 17.6. The maximum atomic E-state index is 13.3. The van der Waals surface area contributed by atoms with E-state index in [1.54, 1.807) is 29.3 Å². The fraction of sp³-hybridized carbons (Fsp3) is 0.304. The van der Waals surface area contributed by atoms with Gasteiger partial charge in [0.15, 0.2) is 0 Å². The number of fused-ring (bicyclic) bond motifs is 1. The predicted octanol–water partition coefficient (Wildman–Crippen LogP) is 4.43. The van der Waals surface area contributed by atoms with Crippen molar-refractivity contribution in [2.45, 2.75) is 31.6 Å². The molecule has 0 spiro atoms. The molecule has 6 nitrogen and oxygen atoms in total.